The molecule has 2 fully saturated rings. The van der Waals surface area contributed by atoms with E-state index in [2.05, 4.69) is 26.2 Å². The number of amides is 2. The summed E-state index contributed by atoms with van der Waals surface area (Å²) in [4.78, 5) is 43.9. The van der Waals surface area contributed by atoms with Crippen molar-refractivity contribution in [3.8, 4) is 11.3 Å². The molecule has 4 aliphatic rings. The van der Waals surface area contributed by atoms with Gasteiger partial charge in [0, 0.05) is 48.6 Å². The van der Waals surface area contributed by atoms with E-state index in [-0.39, 0.29) is 11.8 Å². The molecule has 0 spiro atoms. The van der Waals surface area contributed by atoms with E-state index in [1.165, 1.54) is 31.5 Å². The highest BCUT2D eigenvalue weighted by Crippen LogP contribution is 2.35. The predicted molar refractivity (Wildman–Crippen MR) is 164 cm³/mol. The van der Waals surface area contributed by atoms with E-state index in [1.807, 2.05) is 47.3 Å². The van der Waals surface area contributed by atoms with E-state index in [0.717, 1.165) is 72.4 Å². The number of fused-ring (bicyclic) bond motifs is 5. The van der Waals surface area contributed by atoms with Gasteiger partial charge in [-0.3, -0.25) is 19.3 Å². The summed E-state index contributed by atoms with van der Waals surface area (Å²) in [6.45, 7) is 5.52. The number of benzene rings is 1. The van der Waals surface area contributed by atoms with Gasteiger partial charge in [0.25, 0.3) is 11.8 Å². The third kappa shape index (κ3) is 6.69. The van der Waals surface area contributed by atoms with Gasteiger partial charge in [-0.05, 0) is 87.0 Å². The molecular weight excluding hydrogens is 601 g/mol. The minimum Gasteiger partial charge on any atom is -0.475 e. The molecule has 3 aromatic rings. The van der Waals surface area contributed by atoms with E-state index in [1.54, 1.807) is 0 Å². The first-order valence-corrected chi connectivity index (χ1v) is 15.6. The van der Waals surface area contributed by atoms with Crippen LogP contribution in [-0.2, 0) is 24.2 Å². The van der Waals surface area contributed by atoms with Crippen molar-refractivity contribution >= 4 is 29.9 Å². The number of carboxylic acids is 1. The van der Waals surface area contributed by atoms with Gasteiger partial charge in [0.05, 0.1) is 17.9 Å². The number of aromatic nitrogens is 3. The number of nitrogens with zero attached hydrogens (tertiary/aromatic N) is 5. The highest BCUT2D eigenvalue weighted by Gasteiger charge is 2.38. The highest BCUT2D eigenvalue weighted by atomic mass is 19.4. The lowest BCUT2D eigenvalue weighted by molar-refractivity contribution is -0.192. The summed E-state index contributed by atoms with van der Waals surface area (Å²) in [5, 5.41) is 14.9. The summed E-state index contributed by atoms with van der Waals surface area (Å²) in [5.41, 5.74) is 7.53. The van der Waals surface area contributed by atoms with Crippen molar-refractivity contribution in [3.05, 3.63) is 70.2 Å². The van der Waals surface area contributed by atoms with Crippen molar-refractivity contribution in [1.82, 2.24) is 29.9 Å². The van der Waals surface area contributed by atoms with Crippen molar-refractivity contribution in [2.75, 3.05) is 32.7 Å². The summed E-state index contributed by atoms with van der Waals surface area (Å²) in [6, 6.07) is 10.3. The molecule has 0 unspecified atom stereocenters. The zero-order valence-electron chi connectivity index (χ0n) is 25.2. The fourth-order valence-corrected chi connectivity index (χ4v) is 6.64. The highest BCUT2D eigenvalue weighted by molar-refractivity contribution is 5.97. The SMILES string of the molecule is O=C(O)C(F)(F)F.O=C1NCCn2nc3c(c21)CCc1cnc(C=Cc2ccc(C(=O)N4CCC[C@H]4CN4CCCC4)cc2)cc1-3. The molecule has 7 rings (SSSR count). The fraction of sp³-hybridized carbons (Fsp3) is 0.424. The third-order valence-electron chi connectivity index (χ3n) is 8.93. The molecule has 3 aliphatic heterocycles. The first-order chi connectivity index (χ1) is 22.1. The topological polar surface area (TPSA) is 121 Å². The zero-order chi connectivity index (χ0) is 32.4. The first-order valence-electron chi connectivity index (χ1n) is 15.6. The van der Waals surface area contributed by atoms with E-state index < -0.39 is 12.1 Å². The number of carbonyl (C=O) groups is 3. The predicted octanol–water partition coefficient (Wildman–Crippen LogP) is 4.29. The van der Waals surface area contributed by atoms with Crippen LogP contribution in [-0.4, -0.2) is 92.4 Å². The lowest BCUT2D eigenvalue weighted by Crippen LogP contribution is -2.42. The van der Waals surface area contributed by atoms with Crippen LogP contribution in [0.3, 0.4) is 0 Å². The van der Waals surface area contributed by atoms with Gasteiger partial charge in [-0.25, -0.2) is 4.79 Å². The van der Waals surface area contributed by atoms with Gasteiger partial charge in [-0.1, -0.05) is 18.2 Å². The second-order valence-electron chi connectivity index (χ2n) is 12.0. The van der Waals surface area contributed by atoms with Crippen LogP contribution in [0.5, 0.6) is 0 Å². The molecule has 2 aromatic heterocycles. The number of pyridine rings is 1. The Bertz CT molecular complexity index is 1660. The van der Waals surface area contributed by atoms with Crippen LogP contribution in [0.4, 0.5) is 13.2 Å². The molecule has 5 heterocycles. The molecule has 242 valence electrons. The maximum Gasteiger partial charge on any atom is 0.490 e. The van der Waals surface area contributed by atoms with Gasteiger partial charge in [-0.2, -0.15) is 18.3 Å². The monoisotopic (exact) mass is 636 g/mol. The van der Waals surface area contributed by atoms with Gasteiger partial charge in [-0.15, -0.1) is 0 Å². The number of aliphatic carboxylic acids is 1. The number of aryl methyl sites for hydroxylation is 1. The number of rotatable bonds is 5. The normalized spacial score (nSPS) is 19.2. The summed E-state index contributed by atoms with van der Waals surface area (Å²) in [7, 11) is 0. The lowest BCUT2D eigenvalue weighted by Gasteiger charge is -2.28. The number of halogens is 3. The van der Waals surface area contributed by atoms with Crippen LogP contribution in [0.15, 0.2) is 36.5 Å². The molecule has 13 heteroatoms. The quantitative estimate of drug-likeness (QED) is 0.429. The van der Waals surface area contributed by atoms with Crippen LogP contribution in [0.2, 0.25) is 0 Å². The number of carboxylic acid groups (broad SMARTS) is 1. The number of hydrogen-bond donors (Lipinski definition) is 2. The van der Waals surface area contributed by atoms with Crippen LogP contribution < -0.4 is 5.32 Å². The van der Waals surface area contributed by atoms with E-state index in [4.69, 9.17) is 15.0 Å². The van der Waals surface area contributed by atoms with Gasteiger partial charge < -0.3 is 20.2 Å². The molecule has 2 saturated heterocycles. The van der Waals surface area contributed by atoms with Crippen molar-refractivity contribution < 1.29 is 32.7 Å². The van der Waals surface area contributed by atoms with Gasteiger partial charge >= 0.3 is 12.1 Å². The van der Waals surface area contributed by atoms with Crippen molar-refractivity contribution in [1.29, 1.82) is 0 Å². The number of likely N-dealkylation sites (tertiary alicyclic amines) is 2. The van der Waals surface area contributed by atoms with Crippen LogP contribution >= 0.6 is 0 Å². The maximum atomic E-state index is 13.3. The van der Waals surface area contributed by atoms with E-state index in [0.29, 0.717) is 24.8 Å². The molecule has 1 aromatic carbocycles. The second kappa shape index (κ2) is 13.1. The largest absolute Gasteiger partial charge is 0.490 e. The number of nitrogens with one attached hydrogen (secondary N) is 1. The first kappa shape index (κ1) is 31.5. The van der Waals surface area contributed by atoms with Crippen LogP contribution in [0, 0.1) is 0 Å². The van der Waals surface area contributed by atoms with Gasteiger partial charge in [0.15, 0.2) is 0 Å². The summed E-state index contributed by atoms with van der Waals surface area (Å²) in [6.07, 6.45) is 7.31. The molecule has 46 heavy (non-hydrogen) atoms. The minimum atomic E-state index is -5.08. The average molecular weight is 637 g/mol. The average Bonchev–Trinajstić information content (AvgIpc) is 3.81. The Morgan fingerprint density at radius 2 is 1.76 bits per heavy atom. The van der Waals surface area contributed by atoms with Crippen molar-refractivity contribution in [2.24, 2.45) is 0 Å². The number of carbonyl (C=O) groups excluding carboxylic acids is 2. The molecule has 1 atom stereocenters. The molecule has 2 amide bonds. The Balaban J connectivity index is 0.000000480. The molecule has 2 N–H and O–H groups in total. The Morgan fingerprint density at radius 3 is 2.48 bits per heavy atom. The fourth-order valence-electron chi connectivity index (χ4n) is 6.64. The maximum absolute atomic E-state index is 13.3. The zero-order valence-corrected chi connectivity index (χ0v) is 25.2. The van der Waals surface area contributed by atoms with Crippen molar-refractivity contribution in [3.63, 3.8) is 0 Å². The van der Waals surface area contributed by atoms with E-state index in [9.17, 15) is 22.8 Å². The minimum absolute atomic E-state index is 0.0265. The molecular formula is C33H35F3N6O4. The number of alkyl halides is 3. The van der Waals surface area contributed by atoms with Crippen LogP contribution in [0.1, 0.15) is 68.9 Å². The summed E-state index contributed by atoms with van der Waals surface area (Å²) < 4.78 is 33.6. The number of hydrogen-bond acceptors (Lipinski definition) is 6. The smallest absolute Gasteiger partial charge is 0.475 e. The molecule has 0 radical (unpaired) electrons. The van der Waals surface area contributed by atoms with Gasteiger partial charge in [0.2, 0.25) is 0 Å². The van der Waals surface area contributed by atoms with Crippen molar-refractivity contribution in [2.45, 2.75) is 57.3 Å². The Labute approximate surface area is 263 Å². The second-order valence-corrected chi connectivity index (χ2v) is 12.0. The lowest BCUT2D eigenvalue weighted by atomic mass is 9.89. The Kier molecular flexibility index (Phi) is 8.94. The summed E-state index contributed by atoms with van der Waals surface area (Å²) >= 11 is 0. The molecule has 1 aliphatic carbocycles. The Hall–Kier alpha value is -4.52. The molecule has 0 bridgehead atoms. The Morgan fingerprint density at radius 1 is 1.02 bits per heavy atom. The molecule has 0 saturated carbocycles. The van der Waals surface area contributed by atoms with E-state index >= 15 is 0 Å². The summed E-state index contributed by atoms with van der Waals surface area (Å²) in [5.74, 6) is -2.63. The molecule has 10 nitrogen and oxygen atoms in total. The standard InChI is InChI=1S/C31H34N6O2.C2HF3O2/c38-30-29-26-12-10-23-19-33-24(18-27(23)28(26)34-37(29)17-13-32-30)11-7-21-5-8-22(9-6-21)31(39)36-16-3-4-25(36)20-35-14-1-2-15-35;3-2(4,5)1(6)7/h5-9,11,18-19,25H,1-4,10,12-17,20H2,(H,32,38);(H,6,7)/t25-;/m0./s1. The third-order valence-corrected chi connectivity index (χ3v) is 8.93. The van der Waals surface area contributed by atoms with Crippen LogP contribution in [0.25, 0.3) is 23.4 Å². The van der Waals surface area contributed by atoms with Gasteiger partial charge in [0.1, 0.15) is 5.69 Å².